The number of hydrogen-bond donors (Lipinski definition) is 1. The van der Waals surface area contributed by atoms with Gasteiger partial charge in [0.25, 0.3) is 0 Å². The van der Waals surface area contributed by atoms with Crippen LogP contribution in [0.5, 0.6) is 0 Å². The highest BCUT2D eigenvalue weighted by molar-refractivity contribution is 5.82. The predicted octanol–water partition coefficient (Wildman–Crippen LogP) is -1.06. The van der Waals surface area contributed by atoms with E-state index in [1.54, 1.807) is 0 Å². The maximum absolute atomic E-state index is 11.7. The second kappa shape index (κ2) is 9.29. The number of nitrogens with zero attached hydrogens (tertiary/aromatic N) is 3. The summed E-state index contributed by atoms with van der Waals surface area (Å²) < 4.78 is 9.20. The van der Waals surface area contributed by atoms with Crippen LogP contribution in [0.25, 0.3) is 0 Å². The number of nitro groups is 3. The molecule has 0 rings (SSSR count). The minimum Gasteiger partial charge on any atom is -0.466 e. The summed E-state index contributed by atoms with van der Waals surface area (Å²) in [5.74, 6) is -5.76. The lowest BCUT2D eigenvalue weighted by molar-refractivity contribution is -0.966. The van der Waals surface area contributed by atoms with E-state index < -0.39 is 51.5 Å². The van der Waals surface area contributed by atoms with Gasteiger partial charge in [-0.25, -0.2) is 0 Å². The first-order valence-electron chi connectivity index (χ1n) is 6.62. The number of ether oxygens (including phenoxy) is 2. The molecular weight excluding hydrogens is 336 g/mol. The van der Waals surface area contributed by atoms with Gasteiger partial charge in [0, 0.05) is 0 Å². The van der Waals surface area contributed by atoms with Gasteiger partial charge in [0.1, 0.15) is 6.04 Å². The summed E-state index contributed by atoms with van der Waals surface area (Å²) in [7, 11) is 0. The van der Waals surface area contributed by atoms with Crippen LogP contribution in [0.4, 0.5) is 0 Å². The van der Waals surface area contributed by atoms with Crippen LogP contribution in [-0.4, -0.2) is 58.3 Å². The highest BCUT2D eigenvalue weighted by Gasteiger charge is 2.70. The maximum atomic E-state index is 11.7. The molecule has 0 amide bonds. The SMILES string of the molecule is CCOC(=O)CC(NCC([N+](=O)[O-])([N+](=O)[O-])[N+](=O)[O-])C(=O)OCC. The van der Waals surface area contributed by atoms with Crippen LogP contribution in [0.2, 0.25) is 0 Å². The quantitative estimate of drug-likeness (QED) is 0.206. The molecule has 0 radical (unpaired) electrons. The van der Waals surface area contributed by atoms with Crippen LogP contribution in [0, 0.1) is 30.3 Å². The summed E-state index contributed by atoms with van der Waals surface area (Å²) in [5, 5.41) is 34.4. The molecule has 0 fully saturated rings. The predicted molar refractivity (Wildman–Crippen MR) is 73.4 cm³/mol. The zero-order valence-electron chi connectivity index (χ0n) is 12.8. The van der Waals surface area contributed by atoms with Gasteiger partial charge in [0.2, 0.25) is 6.54 Å². The van der Waals surface area contributed by atoms with E-state index in [4.69, 9.17) is 0 Å². The molecule has 0 saturated carbocycles. The summed E-state index contributed by atoms with van der Waals surface area (Å²) in [4.78, 5) is 50.5. The second-order valence-electron chi connectivity index (χ2n) is 4.24. The van der Waals surface area contributed by atoms with E-state index in [1.165, 1.54) is 13.8 Å². The third kappa shape index (κ3) is 5.08. The van der Waals surface area contributed by atoms with Gasteiger partial charge in [0.05, 0.1) is 19.6 Å². The third-order valence-corrected chi connectivity index (χ3v) is 2.71. The third-order valence-electron chi connectivity index (χ3n) is 2.71. The van der Waals surface area contributed by atoms with Gasteiger partial charge in [-0.1, -0.05) is 0 Å². The fourth-order valence-electron chi connectivity index (χ4n) is 1.52. The molecule has 136 valence electrons. The van der Waals surface area contributed by atoms with Crippen molar-refractivity contribution in [3.05, 3.63) is 30.3 Å². The molecule has 0 spiro atoms. The zero-order valence-corrected chi connectivity index (χ0v) is 12.8. The molecule has 0 aliphatic heterocycles. The van der Waals surface area contributed by atoms with Crippen molar-refractivity contribution in [3.63, 3.8) is 0 Å². The molecule has 24 heavy (non-hydrogen) atoms. The molecule has 0 heterocycles. The smallest absolute Gasteiger partial charge is 0.466 e. The summed E-state index contributed by atoms with van der Waals surface area (Å²) >= 11 is 0. The normalized spacial score (nSPS) is 12.1. The highest BCUT2D eigenvalue weighted by atomic mass is 16.7. The van der Waals surface area contributed by atoms with Gasteiger partial charge in [-0.05, 0) is 13.8 Å². The van der Waals surface area contributed by atoms with E-state index in [0.717, 1.165) is 0 Å². The lowest BCUT2D eigenvalue weighted by atomic mass is 10.2. The first-order valence-corrected chi connectivity index (χ1v) is 6.62. The Morgan fingerprint density at radius 3 is 1.83 bits per heavy atom. The molecule has 1 unspecified atom stereocenters. The summed E-state index contributed by atoms with van der Waals surface area (Å²) in [6.45, 7) is 1.36. The number of hydrogen-bond acceptors (Lipinski definition) is 11. The lowest BCUT2D eigenvalue weighted by Crippen LogP contribution is -2.61. The Balaban J connectivity index is 5.35. The summed E-state index contributed by atoms with van der Waals surface area (Å²) in [6, 6.07) is -1.58. The largest absolute Gasteiger partial charge is 0.712 e. The van der Waals surface area contributed by atoms with Crippen LogP contribution in [0.1, 0.15) is 20.3 Å². The van der Waals surface area contributed by atoms with Crippen molar-refractivity contribution in [1.82, 2.24) is 5.32 Å². The number of rotatable bonds is 11. The highest BCUT2D eigenvalue weighted by Crippen LogP contribution is 2.12. The first kappa shape index (κ1) is 21.1. The van der Waals surface area contributed by atoms with Crippen molar-refractivity contribution in [3.8, 4) is 0 Å². The van der Waals surface area contributed by atoms with Crippen molar-refractivity contribution in [2.75, 3.05) is 19.8 Å². The minimum absolute atomic E-state index is 0.0169. The van der Waals surface area contributed by atoms with E-state index in [2.05, 4.69) is 9.47 Å². The van der Waals surface area contributed by atoms with Crippen molar-refractivity contribution >= 4 is 11.9 Å². The molecule has 0 aliphatic rings. The molecular formula is C10H16N4O10. The Hall–Kier alpha value is -2.90. The van der Waals surface area contributed by atoms with Crippen molar-refractivity contribution in [2.45, 2.75) is 32.1 Å². The fraction of sp³-hybridized carbons (Fsp3) is 0.800. The van der Waals surface area contributed by atoms with Crippen molar-refractivity contribution < 1.29 is 33.8 Å². The monoisotopic (exact) mass is 352 g/mol. The molecule has 1 atom stereocenters. The standard InChI is InChI=1S/C10H16N4O10/c1-3-23-8(15)5-7(9(16)24-4-2)11-6-10(12(17)18,13(19)20)14(21)22/h7,11H,3-6H2,1-2H3. The number of carbonyl (C=O) groups excluding carboxylic acids is 2. The average Bonchev–Trinajstić information content (AvgIpc) is 2.45. The van der Waals surface area contributed by atoms with E-state index >= 15 is 0 Å². The maximum Gasteiger partial charge on any atom is 0.712 e. The van der Waals surface area contributed by atoms with Gasteiger partial charge >= 0.3 is 17.7 Å². The summed E-state index contributed by atoms with van der Waals surface area (Å²) in [5.41, 5.74) is 0. The number of carbonyl (C=O) groups is 2. The molecule has 0 bridgehead atoms. The van der Waals surface area contributed by atoms with Crippen molar-refractivity contribution in [2.24, 2.45) is 0 Å². The number of nitrogens with one attached hydrogen (secondary N) is 1. The van der Waals surface area contributed by atoms with Gasteiger partial charge in [-0.3, -0.25) is 45.2 Å². The van der Waals surface area contributed by atoms with Crippen LogP contribution >= 0.6 is 0 Å². The minimum atomic E-state index is -3.81. The molecule has 0 aromatic carbocycles. The van der Waals surface area contributed by atoms with Crippen LogP contribution in [0.15, 0.2) is 0 Å². The van der Waals surface area contributed by atoms with Crippen LogP contribution in [0.3, 0.4) is 0 Å². The van der Waals surface area contributed by atoms with Gasteiger partial charge in [0.15, 0.2) is 14.8 Å². The topological polar surface area (TPSA) is 194 Å². The van der Waals surface area contributed by atoms with Crippen molar-refractivity contribution in [1.29, 1.82) is 0 Å². The summed E-state index contributed by atoms with van der Waals surface area (Å²) in [6.07, 6.45) is -0.671. The van der Waals surface area contributed by atoms with E-state index in [-0.39, 0.29) is 13.2 Å². The van der Waals surface area contributed by atoms with Gasteiger partial charge in [-0.2, -0.15) is 0 Å². The van der Waals surface area contributed by atoms with Gasteiger partial charge in [-0.15, -0.1) is 0 Å². The molecule has 0 aromatic rings. The Morgan fingerprint density at radius 2 is 1.46 bits per heavy atom. The first-order chi connectivity index (χ1) is 11.1. The zero-order chi connectivity index (χ0) is 18.9. The van der Waals surface area contributed by atoms with E-state index in [9.17, 15) is 39.9 Å². The second-order valence-corrected chi connectivity index (χ2v) is 4.24. The molecule has 0 saturated heterocycles. The molecule has 0 aliphatic carbocycles. The van der Waals surface area contributed by atoms with Crippen LogP contribution < -0.4 is 5.32 Å². The Morgan fingerprint density at radius 1 is 1.00 bits per heavy atom. The van der Waals surface area contributed by atoms with Gasteiger partial charge < -0.3 is 9.47 Å². The van der Waals surface area contributed by atoms with E-state index in [1.807, 2.05) is 5.32 Å². The molecule has 14 nitrogen and oxygen atoms in total. The number of esters is 2. The lowest BCUT2D eigenvalue weighted by Gasteiger charge is -2.17. The van der Waals surface area contributed by atoms with E-state index in [0.29, 0.717) is 0 Å². The molecule has 0 aromatic heterocycles. The van der Waals surface area contributed by atoms with Crippen LogP contribution in [-0.2, 0) is 19.1 Å². The Bertz CT molecular complexity index is 486. The molecule has 1 N–H and O–H groups in total. The Labute approximate surface area is 134 Å². The Kier molecular flexibility index (Phi) is 8.16. The fourth-order valence-corrected chi connectivity index (χ4v) is 1.52. The molecule has 14 heteroatoms. The average molecular weight is 352 g/mol.